The molecule has 1 heterocycles. The number of carbonyl (C=O) groups excluding carboxylic acids is 2. The van der Waals surface area contributed by atoms with Crippen LogP contribution in [0, 0.1) is 11.8 Å². The standard InChI is InChI=1S/C14H26N2O2/c1-5-8-15-10(2)7-6-9-16-13(17)11(3)12(4)14(16)18/h10-12,15H,5-9H2,1-4H3. The molecule has 1 aliphatic rings. The average molecular weight is 254 g/mol. The first-order valence-electron chi connectivity index (χ1n) is 7.07. The van der Waals surface area contributed by atoms with Gasteiger partial charge in [-0.3, -0.25) is 14.5 Å². The van der Waals surface area contributed by atoms with Crippen LogP contribution in [-0.4, -0.2) is 35.8 Å². The van der Waals surface area contributed by atoms with Crippen LogP contribution in [0.15, 0.2) is 0 Å². The molecule has 0 bridgehead atoms. The van der Waals surface area contributed by atoms with E-state index in [4.69, 9.17) is 0 Å². The summed E-state index contributed by atoms with van der Waals surface area (Å²) in [5.74, 6) is -0.287. The highest BCUT2D eigenvalue weighted by atomic mass is 16.2. The Morgan fingerprint density at radius 2 is 1.78 bits per heavy atom. The highest BCUT2D eigenvalue weighted by molar-refractivity contribution is 6.04. The van der Waals surface area contributed by atoms with Crippen LogP contribution in [-0.2, 0) is 9.59 Å². The Kier molecular flexibility index (Phi) is 5.79. The second-order valence-corrected chi connectivity index (χ2v) is 5.40. The third-order valence-corrected chi connectivity index (χ3v) is 3.82. The summed E-state index contributed by atoms with van der Waals surface area (Å²) >= 11 is 0. The minimum Gasteiger partial charge on any atom is -0.314 e. The summed E-state index contributed by atoms with van der Waals surface area (Å²) in [4.78, 5) is 25.2. The van der Waals surface area contributed by atoms with Crippen molar-refractivity contribution < 1.29 is 9.59 Å². The molecule has 104 valence electrons. The lowest BCUT2D eigenvalue weighted by atomic mass is 10.00. The van der Waals surface area contributed by atoms with E-state index in [9.17, 15) is 9.59 Å². The lowest BCUT2D eigenvalue weighted by Gasteiger charge is -2.17. The summed E-state index contributed by atoms with van der Waals surface area (Å²) in [7, 11) is 0. The van der Waals surface area contributed by atoms with Crippen LogP contribution in [0.25, 0.3) is 0 Å². The molecular weight excluding hydrogens is 228 g/mol. The number of carbonyl (C=O) groups is 2. The van der Waals surface area contributed by atoms with Crippen molar-refractivity contribution in [3.8, 4) is 0 Å². The fourth-order valence-corrected chi connectivity index (χ4v) is 2.30. The molecule has 0 aromatic rings. The van der Waals surface area contributed by atoms with Gasteiger partial charge in [0.15, 0.2) is 0 Å². The number of nitrogens with zero attached hydrogens (tertiary/aromatic N) is 1. The molecule has 0 aromatic heterocycles. The minimum absolute atomic E-state index is 0.00155. The molecule has 0 saturated carbocycles. The maximum absolute atomic E-state index is 11.9. The normalized spacial score (nSPS) is 25.9. The van der Waals surface area contributed by atoms with Crippen LogP contribution in [0.5, 0.6) is 0 Å². The lowest BCUT2D eigenvalue weighted by molar-refractivity contribution is -0.139. The predicted molar refractivity (Wildman–Crippen MR) is 72.0 cm³/mol. The van der Waals surface area contributed by atoms with Crippen LogP contribution in [0.1, 0.15) is 47.0 Å². The van der Waals surface area contributed by atoms with E-state index in [2.05, 4.69) is 19.2 Å². The summed E-state index contributed by atoms with van der Waals surface area (Å²) in [5.41, 5.74) is 0. The number of likely N-dealkylation sites (tertiary alicyclic amines) is 1. The van der Waals surface area contributed by atoms with E-state index in [1.54, 1.807) is 0 Å². The molecule has 2 amide bonds. The molecule has 0 aromatic carbocycles. The van der Waals surface area contributed by atoms with Crippen molar-refractivity contribution in [2.24, 2.45) is 11.8 Å². The molecule has 3 atom stereocenters. The highest BCUT2D eigenvalue weighted by Gasteiger charge is 2.41. The molecule has 3 unspecified atom stereocenters. The van der Waals surface area contributed by atoms with Crippen LogP contribution < -0.4 is 5.32 Å². The summed E-state index contributed by atoms with van der Waals surface area (Å²) in [6.45, 7) is 9.58. The fourth-order valence-electron chi connectivity index (χ4n) is 2.30. The van der Waals surface area contributed by atoms with Gasteiger partial charge in [0.2, 0.25) is 11.8 Å². The van der Waals surface area contributed by atoms with Gasteiger partial charge in [-0.25, -0.2) is 0 Å². The van der Waals surface area contributed by atoms with Crippen LogP contribution in [0.2, 0.25) is 0 Å². The van der Waals surface area contributed by atoms with E-state index < -0.39 is 0 Å². The molecule has 0 spiro atoms. The van der Waals surface area contributed by atoms with Gasteiger partial charge < -0.3 is 5.32 Å². The first kappa shape index (κ1) is 15.2. The van der Waals surface area contributed by atoms with Gasteiger partial charge in [0.25, 0.3) is 0 Å². The molecule has 1 N–H and O–H groups in total. The Balaban J connectivity index is 2.31. The van der Waals surface area contributed by atoms with E-state index >= 15 is 0 Å². The highest BCUT2D eigenvalue weighted by Crippen LogP contribution is 2.25. The summed E-state index contributed by atoms with van der Waals surface area (Å²) in [5, 5.41) is 3.41. The zero-order valence-electron chi connectivity index (χ0n) is 12.0. The van der Waals surface area contributed by atoms with Crippen molar-refractivity contribution in [3.05, 3.63) is 0 Å². The SMILES string of the molecule is CCCNC(C)CCCN1C(=O)C(C)C(C)C1=O. The van der Waals surface area contributed by atoms with E-state index in [-0.39, 0.29) is 23.7 Å². The van der Waals surface area contributed by atoms with Crippen molar-refractivity contribution in [2.45, 2.75) is 53.0 Å². The van der Waals surface area contributed by atoms with E-state index in [0.29, 0.717) is 12.6 Å². The van der Waals surface area contributed by atoms with Crippen LogP contribution in [0.4, 0.5) is 0 Å². The maximum Gasteiger partial charge on any atom is 0.232 e. The van der Waals surface area contributed by atoms with Gasteiger partial charge in [0.1, 0.15) is 0 Å². The average Bonchev–Trinajstić information content (AvgIpc) is 2.53. The van der Waals surface area contributed by atoms with Gasteiger partial charge in [-0.2, -0.15) is 0 Å². The molecule has 1 rings (SSSR count). The number of hydrogen-bond donors (Lipinski definition) is 1. The van der Waals surface area contributed by atoms with Crippen LogP contribution in [0.3, 0.4) is 0 Å². The Morgan fingerprint density at radius 1 is 1.22 bits per heavy atom. The van der Waals surface area contributed by atoms with Crippen LogP contribution >= 0.6 is 0 Å². The molecule has 1 fully saturated rings. The second-order valence-electron chi connectivity index (χ2n) is 5.40. The molecule has 18 heavy (non-hydrogen) atoms. The second kappa shape index (κ2) is 6.88. The Bertz CT molecular complexity index is 284. The molecule has 4 heteroatoms. The third-order valence-electron chi connectivity index (χ3n) is 3.82. The first-order valence-corrected chi connectivity index (χ1v) is 7.07. The predicted octanol–water partition coefficient (Wildman–Crippen LogP) is 1.80. The van der Waals surface area contributed by atoms with Gasteiger partial charge in [-0.1, -0.05) is 20.8 Å². The third kappa shape index (κ3) is 3.55. The van der Waals surface area contributed by atoms with Crippen molar-refractivity contribution >= 4 is 11.8 Å². The Morgan fingerprint density at radius 3 is 2.28 bits per heavy atom. The molecule has 1 aliphatic heterocycles. The van der Waals surface area contributed by atoms with Gasteiger partial charge in [-0.05, 0) is 32.7 Å². The van der Waals surface area contributed by atoms with Crippen molar-refractivity contribution in [1.82, 2.24) is 10.2 Å². The van der Waals surface area contributed by atoms with E-state index in [1.807, 2.05) is 13.8 Å². The fraction of sp³-hybridized carbons (Fsp3) is 0.857. The Hall–Kier alpha value is -0.900. The number of imide groups is 1. The van der Waals surface area contributed by atoms with Gasteiger partial charge in [0.05, 0.1) is 0 Å². The smallest absolute Gasteiger partial charge is 0.232 e. The minimum atomic E-state index is -0.145. The molecule has 1 saturated heterocycles. The summed E-state index contributed by atoms with van der Waals surface area (Å²) in [6.07, 6.45) is 3.01. The molecular formula is C14H26N2O2. The largest absolute Gasteiger partial charge is 0.314 e. The summed E-state index contributed by atoms with van der Waals surface area (Å²) < 4.78 is 0. The van der Waals surface area contributed by atoms with E-state index in [1.165, 1.54) is 4.90 Å². The number of rotatable bonds is 7. The zero-order chi connectivity index (χ0) is 13.7. The van der Waals surface area contributed by atoms with Gasteiger partial charge in [0, 0.05) is 24.4 Å². The molecule has 4 nitrogen and oxygen atoms in total. The van der Waals surface area contributed by atoms with Gasteiger partial charge >= 0.3 is 0 Å². The zero-order valence-corrected chi connectivity index (χ0v) is 12.0. The topological polar surface area (TPSA) is 49.4 Å². The van der Waals surface area contributed by atoms with Crippen molar-refractivity contribution in [1.29, 1.82) is 0 Å². The maximum atomic E-state index is 11.9. The molecule has 0 aliphatic carbocycles. The number of nitrogens with one attached hydrogen (secondary N) is 1. The number of amides is 2. The van der Waals surface area contributed by atoms with Crippen molar-refractivity contribution in [2.75, 3.05) is 13.1 Å². The molecule has 0 radical (unpaired) electrons. The number of hydrogen-bond acceptors (Lipinski definition) is 3. The Labute approximate surface area is 110 Å². The van der Waals surface area contributed by atoms with E-state index in [0.717, 1.165) is 25.8 Å². The quantitative estimate of drug-likeness (QED) is 0.705. The monoisotopic (exact) mass is 254 g/mol. The summed E-state index contributed by atoms with van der Waals surface area (Å²) in [6, 6.07) is 0.451. The first-order chi connectivity index (χ1) is 8.49. The van der Waals surface area contributed by atoms with Gasteiger partial charge in [-0.15, -0.1) is 0 Å². The lowest BCUT2D eigenvalue weighted by Crippen LogP contribution is -2.33. The van der Waals surface area contributed by atoms with Crippen molar-refractivity contribution in [3.63, 3.8) is 0 Å².